The van der Waals surface area contributed by atoms with Crippen LogP contribution in [0.15, 0.2) is 146 Å². The van der Waals surface area contributed by atoms with Crippen molar-refractivity contribution < 1.29 is 34.5 Å². The molecule has 0 saturated heterocycles. The van der Waals surface area contributed by atoms with E-state index in [1.807, 2.05) is 23.5 Å². The van der Waals surface area contributed by atoms with Gasteiger partial charge in [-0.1, -0.05) is 85.9 Å². The van der Waals surface area contributed by atoms with E-state index in [4.69, 9.17) is 0 Å². The first-order valence-corrected chi connectivity index (χ1v) is 18.6. The van der Waals surface area contributed by atoms with Crippen molar-refractivity contribution in [1.82, 2.24) is 0 Å². The minimum Gasteiger partial charge on any atom is -0.418 e. The Labute approximate surface area is 278 Å². The van der Waals surface area contributed by atoms with E-state index < -0.39 is 14.5 Å². The lowest BCUT2D eigenvalue weighted by atomic mass is 10.2. The van der Waals surface area contributed by atoms with E-state index in [0.29, 0.717) is 0 Å². The van der Waals surface area contributed by atoms with Crippen molar-refractivity contribution in [3.05, 3.63) is 107 Å². The van der Waals surface area contributed by atoms with E-state index in [9.17, 15) is 34.5 Å². The Morgan fingerprint density at radius 2 is 0.674 bits per heavy atom. The van der Waals surface area contributed by atoms with Crippen LogP contribution in [0.1, 0.15) is 39.5 Å². The van der Waals surface area contributed by atoms with Crippen molar-refractivity contribution in [1.29, 1.82) is 0 Å². The molecule has 2 heterocycles. The summed E-state index contributed by atoms with van der Waals surface area (Å²) >= 11 is 3.89. The van der Waals surface area contributed by atoms with Gasteiger partial charge in [-0.2, -0.15) is 0 Å². The van der Waals surface area contributed by atoms with E-state index >= 15 is 0 Å². The van der Waals surface area contributed by atoms with Crippen LogP contribution in [0.4, 0.5) is 34.5 Å². The summed E-state index contributed by atoms with van der Waals surface area (Å²) in [4.78, 5) is 15.1. The van der Waals surface area contributed by atoms with E-state index in [-0.39, 0.29) is 21.8 Å². The Morgan fingerprint density at radius 1 is 0.457 bits per heavy atom. The zero-order chi connectivity index (χ0) is 33.5. The fourth-order valence-electron chi connectivity index (χ4n) is 4.98. The minimum atomic E-state index is -6.00. The second-order valence-electron chi connectivity index (χ2n) is 9.94. The average molecular weight is 716 g/mol. The molecule has 6 rings (SSSR count). The molecule has 0 amide bonds. The lowest BCUT2D eigenvalue weighted by molar-refractivity contribution is 0.366. The first-order valence-electron chi connectivity index (χ1n) is 14.5. The molecular formula is C32H30B2F8S4. The van der Waals surface area contributed by atoms with Crippen LogP contribution in [0.2, 0.25) is 0 Å². The fraction of sp³-hybridized carbons (Fsp3) is 0.188. The Hall–Kier alpha value is -2.41. The fourth-order valence-corrected chi connectivity index (χ4v) is 13.7. The highest BCUT2D eigenvalue weighted by Crippen LogP contribution is 2.54. The molecule has 4 aromatic carbocycles. The van der Waals surface area contributed by atoms with Gasteiger partial charge < -0.3 is 34.5 Å². The maximum atomic E-state index is 9.75. The molecule has 2 aliphatic rings. The molecule has 244 valence electrons. The van der Waals surface area contributed by atoms with Gasteiger partial charge in [0.1, 0.15) is 21.8 Å². The van der Waals surface area contributed by atoms with Crippen LogP contribution in [-0.4, -0.2) is 14.5 Å². The number of benzene rings is 4. The molecule has 0 radical (unpaired) electrons. The molecule has 0 spiro atoms. The summed E-state index contributed by atoms with van der Waals surface area (Å²) in [5.41, 5.74) is 0. The topological polar surface area (TPSA) is 0 Å². The number of allylic oxidation sites excluding steroid dienone is 2. The van der Waals surface area contributed by atoms with Gasteiger partial charge >= 0.3 is 14.5 Å². The summed E-state index contributed by atoms with van der Waals surface area (Å²) in [7, 11) is -12.1. The molecule has 0 unspecified atom stereocenters. The molecule has 2 aliphatic heterocycles. The summed E-state index contributed by atoms with van der Waals surface area (Å²) in [5, 5.41) is 0. The smallest absolute Gasteiger partial charge is 0.418 e. The van der Waals surface area contributed by atoms with Crippen LogP contribution in [0.5, 0.6) is 0 Å². The van der Waals surface area contributed by atoms with E-state index in [0.717, 1.165) is 12.8 Å². The van der Waals surface area contributed by atoms with E-state index in [2.05, 4.69) is 111 Å². The molecule has 46 heavy (non-hydrogen) atoms. The van der Waals surface area contributed by atoms with Crippen molar-refractivity contribution >= 4 is 59.8 Å². The highest BCUT2D eigenvalue weighted by Gasteiger charge is 2.48. The third kappa shape index (κ3) is 9.81. The van der Waals surface area contributed by atoms with Gasteiger partial charge in [0.25, 0.3) is 0 Å². The SMILES string of the molecule is CCC/C(=C(/CCC)[S+]1c2ccccc2Sc2ccccc21)[S+]1c2ccccc2Sc2ccccc21.F[B-](F)(F)F.F[B-](F)(F)F. The first kappa shape index (κ1) is 36.4. The van der Waals surface area contributed by atoms with Gasteiger partial charge in [-0.15, -0.1) is 0 Å². The molecule has 4 aromatic rings. The average Bonchev–Trinajstić information content (AvgIpc) is 2.99. The van der Waals surface area contributed by atoms with Crippen LogP contribution < -0.4 is 0 Å². The predicted octanol–water partition coefficient (Wildman–Crippen LogP) is 12.8. The summed E-state index contributed by atoms with van der Waals surface area (Å²) in [6.07, 6.45) is 4.62. The number of rotatable bonds is 6. The first-order chi connectivity index (χ1) is 21.8. The zero-order valence-electron chi connectivity index (χ0n) is 24.9. The highest BCUT2D eigenvalue weighted by molar-refractivity contribution is 8.08. The summed E-state index contributed by atoms with van der Waals surface area (Å²) in [6.45, 7) is 4.70. The monoisotopic (exact) mass is 716 g/mol. The van der Waals surface area contributed by atoms with Crippen molar-refractivity contribution in [2.24, 2.45) is 0 Å². The predicted molar refractivity (Wildman–Crippen MR) is 179 cm³/mol. The molecular weight excluding hydrogens is 686 g/mol. The summed E-state index contributed by atoms with van der Waals surface area (Å²) in [5.74, 6) is 0. The Balaban J connectivity index is 0.000000421. The minimum absolute atomic E-state index is 0.0601. The van der Waals surface area contributed by atoms with E-state index in [1.54, 1.807) is 9.81 Å². The van der Waals surface area contributed by atoms with Gasteiger partial charge in [-0.05, 0) is 61.4 Å². The normalized spacial score (nSPS) is 14.7. The molecule has 0 N–H and O–H groups in total. The number of hydrogen-bond donors (Lipinski definition) is 0. The quantitative estimate of drug-likeness (QED) is 0.111. The molecule has 0 nitrogen and oxygen atoms in total. The number of hydrogen-bond acceptors (Lipinski definition) is 2. The second kappa shape index (κ2) is 16.1. The summed E-state index contributed by atoms with van der Waals surface area (Å²) < 4.78 is 78.0. The van der Waals surface area contributed by atoms with Crippen molar-refractivity contribution in [2.75, 3.05) is 0 Å². The maximum Gasteiger partial charge on any atom is 0.673 e. The largest absolute Gasteiger partial charge is 0.673 e. The molecule has 0 aliphatic carbocycles. The van der Waals surface area contributed by atoms with Gasteiger partial charge in [-0.3, -0.25) is 0 Å². The zero-order valence-corrected chi connectivity index (χ0v) is 28.1. The van der Waals surface area contributed by atoms with Gasteiger partial charge in [0.15, 0.2) is 29.4 Å². The Kier molecular flexibility index (Phi) is 12.8. The standard InChI is InChI=1S/C32H30S4.2BF4/c1-3-13-31(35-27-19-9-5-15-23(27)33-24-16-6-10-20-28(24)35)32(14-4-2)36-29-21-11-7-17-25(29)34-26-18-8-12-22-30(26)36;2*2-1(3,4)5/h5-12,15-22H,3-4,13-14H2,1-2H3;;/q+2;2*-1/b32-31+;;. The molecule has 0 fully saturated rings. The second-order valence-corrected chi connectivity index (χ2v) is 16.1. The lowest BCUT2D eigenvalue weighted by Crippen LogP contribution is -2.20. The van der Waals surface area contributed by atoms with Gasteiger partial charge in [0.2, 0.25) is 0 Å². The Morgan fingerprint density at radius 3 is 0.891 bits per heavy atom. The highest BCUT2D eigenvalue weighted by atomic mass is 32.2. The molecule has 0 saturated carbocycles. The van der Waals surface area contributed by atoms with Crippen LogP contribution in [0.25, 0.3) is 0 Å². The Bertz CT molecular complexity index is 1440. The van der Waals surface area contributed by atoms with Gasteiger partial charge in [0.05, 0.1) is 19.6 Å². The van der Waals surface area contributed by atoms with Gasteiger partial charge in [-0.25, -0.2) is 0 Å². The molecule has 0 atom stereocenters. The molecule has 0 bridgehead atoms. The lowest BCUT2D eigenvalue weighted by Gasteiger charge is -2.24. The maximum absolute atomic E-state index is 9.75. The third-order valence-electron chi connectivity index (χ3n) is 6.47. The van der Waals surface area contributed by atoms with Crippen LogP contribution in [0, 0.1) is 0 Å². The van der Waals surface area contributed by atoms with E-state index in [1.165, 1.54) is 52.0 Å². The van der Waals surface area contributed by atoms with Crippen LogP contribution in [-0.2, 0) is 21.8 Å². The number of fused-ring (bicyclic) bond motifs is 4. The molecule has 14 heteroatoms. The van der Waals surface area contributed by atoms with Crippen molar-refractivity contribution in [3.63, 3.8) is 0 Å². The van der Waals surface area contributed by atoms with Gasteiger partial charge in [0, 0.05) is 12.8 Å². The van der Waals surface area contributed by atoms with Crippen LogP contribution in [0.3, 0.4) is 0 Å². The number of halogens is 8. The third-order valence-corrected chi connectivity index (χ3v) is 14.5. The molecule has 0 aromatic heterocycles. The summed E-state index contributed by atoms with van der Waals surface area (Å²) in [6, 6.07) is 36.6. The van der Waals surface area contributed by atoms with Crippen LogP contribution >= 0.6 is 23.5 Å². The van der Waals surface area contributed by atoms with Crippen molar-refractivity contribution in [3.8, 4) is 0 Å². The van der Waals surface area contributed by atoms with Crippen molar-refractivity contribution in [2.45, 2.75) is 78.7 Å².